The smallest absolute Gasteiger partial charge is 0.262 e. The standard InChI is InChI=1S/C26H28BrCl2N3O4/c1-4-11-35-23-9-7-19(27)14-18(23)16-30-32-26(34)22(13-17(2)3)31-25(33)6-5-12-36-24-10-8-20(28)15-21(24)29/h1,7-10,14-17,22H,5-6,11-13H2,2-3H3,(H,31,33)(H,32,34)/b30-16-/t22-/m0/s1. The number of nitrogens with zero attached hydrogens (tertiary/aromatic N) is 1. The Bertz CT molecular complexity index is 1120. The lowest BCUT2D eigenvalue weighted by Gasteiger charge is -2.19. The predicted octanol–water partition coefficient (Wildman–Crippen LogP) is 5.61. The summed E-state index contributed by atoms with van der Waals surface area (Å²) in [6.07, 6.45) is 7.81. The third-order valence-electron chi connectivity index (χ3n) is 4.72. The quantitative estimate of drug-likeness (QED) is 0.136. The van der Waals surface area contributed by atoms with Crippen molar-refractivity contribution in [1.29, 1.82) is 0 Å². The summed E-state index contributed by atoms with van der Waals surface area (Å²) in [5.74, 6) is 2.93. The second kappa shape index (κ2) is 15.4. The van der Waals surface area contributed by atoms with Gasteiger partial charge in [0, 0.05) is 21.5 Å². The summed E-state index contributed by atoms with van der Waals surface area (Å²) in [4.78, 5) is 25.2. The van der Waals surface area contributed by atoms with Gasteiger partial charge in [0.05, 0.1) is 17.8 Å². The molecule has 0 radical (unpaired) electrons. The number of hydrogen-bond acceptors (Lipinski definition) is 5. The number of hydrazone groups is 1. The highest BCUT2D eigenvalue weighted by molar-refractivity contribution is 9.10. The van der Waals surface area contributed by atoms with Crippen LogP contribution in [-0.2, 0) is 9.59 Å². The van der Waals surface area contributed by atoms with E-state index in [1.807, 2.05) is 19.9 Å². The summed E-state index contributed by atoms with van der Waals surface area (Å²) in [5, 5.41) is 7.74. The molecule has 2 amide bonds. The Morgan fingerprint density at radius 3 is 2.61 bits per heavy atom. The van der Waals surface area contributed by atoms with Gasteiger partial charge in [-0.2, -0.15) is 5.10 Å². The van der Waals surface area contributed by atoms with E-state index in [1.165, 1.54) is 6.21 Å². The van der Waals surface area contributed by atoms with E-state index in [9.17, 15) is 9.59 Å². The van der Waals surface area contributed by atoms with Gasteiger partial charge in [-0.15, -0.1) is 6.42 Å². The Morgan fingerprint density at radius 2 is 1.92 bits per heavy atom. The molecule has 0 spiro atoms. The van der Waals surface area contributed by atoms with Crippen LogP contribution in [0.2, 0.25) is 10.0 Å². The van der Waals surface area contributed by atoms with E-state index in [1.54, 1.807) is 30.3 Å². The molecular formula is C26H28BrCl2N3O4. The van der Waals surface area contributed by atoms with Crippen molar-refractivity contribution in [3.63, 3.8) is 0 Å². The molecule has 0 saturated carbocycles. The van der Waals surface area contributed by atoms with Gasteiger partial charge in [0.2, 0.25) is 5.91 Å². The highest BCUT2D eigenvalue weighted by Gasteiger charge is 2.21. The number of terminal acetylenes is 1. The normalized spacial score (nSPS) is 11.7. The van der Waals surface area contributed by atoms with Crippen molar-refractivity contribution in [2.75, 3.05) is 13.2 Å². The first kappa shape index (κ1) is 29.5. The summed E-state index contributed by atoms with van der Waals surface area (Å²) < 4.78 is 11.9. The van der Waals surface area contributed by atoms with E-state index >= 15 is 0 Å². The molecule has 0 fully saturated rings. The van der Waals surface area contributed by atoms with E-state index in [0.29, 0.717) is 39.9 Å². The molecule has 0 heterocycles. The first-order chi connectivity index (χ1) is 17.2. The predicted molar refractivity (Wildman–Crippen MR) is 147 cm³/mol. The summed E-state index contributed by atoms with van der Waals surface area (Å²) >= 11 is 15.4. The lowest BCUT2D eigenvalue weighted by atomic mass is 10.0. The van der Waals surface area contributed by atoms with Gasteiger partial charge in [-0.05, 0) is 55.2 Å². The number of nitrogens with one attached hydrogen (secondary N) is 2. The maximum atomic E-state index is 12.8. The summed E-state index contributed by atoms with van der Waals surface area (Å²) in [5.41, 5.74) is 3.13. The van der Waals surface area contributed by atoms with Crippen LogP contribution in [0.25, 0.3) is 0 Å². The number of benzene rings is 2. The molecule has 36 heavy (non-hydrogen) atoms. The minimum atomic E-state index is -0.735. The van der Waals surface area contributed by atoms with E-state index in [0.717, 1.165) is 4.47 Å². The average Bonchev–Trinajstić information content (AvgIpc) is 2.81. The van der Waals surface area contributed by atoms with Crippen LogP contribution in [0.4, 0.5) is 0 Å². The summed E-state index contributed by atoms with van der Waals surface area (Å²) in [7, 11) is 0. The molecule has 10 heteroatoms. The van der Waals surface area contributed by atoms with Crippen LogP contribution in [-0.4, -0.2) is 37.3 Å². The largest absolute Gasteiger partial charge is 0.492 e. The van der Waals surface area contributed by atoms with Crippen molar-refractivity contribution in [3.05, 3.63) is 56.5 Å². The van der Waals surface area contributed by atoms with Gasteiger partial charge in [-0.25, -0.2) is 5.43 Å². The number of carbonyl (C=O) groups excluding carboxylic acids is 2. The Kier molecular flexibility index (Phi) is 12.6. The average molecular weight is 597 g/mol. The zero-order chi connectivity index (χ0) is 26.5. The first-order valence-corrected chi connectivity index (χ1v) is 12.8. The van der Waals surface area contributed by atoms with Crippen LogP contribution in [0.3, 0.4) is 0 Å². The molecule has 0 aromatic heterocycles. The number of amides is 2. The second-order valence-corrected chi connectivity index (χ2v) is 9.94. The Labute approximate surface area is 230 Å². The van der Waals surface area contributed by atoms with Crippen LogP contribution >= 0.6 is 39.1 Å². The van der Waals surface area contributed by atoms with Gasteiger partial charge in [-0.3, -0.25) is 9.59 Å². The van der Waals surface area contributed by atoms with Crippen LogP contribution in [0.1, 0.15) is 38.7 Å². The number of halogens is 3. The fourth-order valence-corrected chi connectivity index (χ4v) is 3.93. The minimum Gasteiger partial charge on any atom is -0.492 e. The van der Waals surface area contributed by atoms with Crippen molar-refractivity contribution in [1.82, 2.24) is 10.7 Å². The maximum absolute atomic E-state index is 12.8. The molecule has 2 aromatic rings. The number of carbonyl (C=O) groups is 2. The van der Waals surface area contributed by atoms with Crippen molar-refractivity contribution < 1.29 is 19.1 Å². The lowest BCUT2D eigenvalue weighted by Crippen LogP contribution is -2.46. The highest BCUT2D eigenvalue weighted by Crippen LogP contribution is 2.27. The Balaban J connectivity index is 1.89. The zero-order valence-electron chi connectivity index (χ0n) is 20.0. The van der Waals surface area contributed by atoms with Crippen molar-refractivity contribution in [2.45, 2.75) is 39.2 Å². The second-order valence-electron chi connectivity index (χ2n) is 8.19. The van der Waals surface area contributed by atoms with Crippen molar-refractivity contribution >= 4 is 57.2 Å². The highest BCUT2D eigenvalue weighted by atomic mass is 79.9. The van der Waals surface area contributed by atoms with Gasteiger partial charge >= 0.3 is 0 Å². The van der Waals surface area contributed by atoms with Gasteiger partial charge in [0.1, 0.15) is 24.1 Å². The molecule has 0 aliphatic carbocycles. The fourth-order valence-electron chi connectivity index (χ4n) is 3.09. The van der Waals surface area contributed by atoms with E-state index in [-0.39, 0.29) is 31.5 Å². The van der Waals surface area contributed by atoms with Gasteiger partial charge in [0.25, 0.3) is 5.91 Å². The third-order valence-corrected chi connectivity index (χ3v) is 5.74. The van der Waals surface area contributed by atoms with Crippen molar-refractivity contribution in [3.8, 4) is 23.8 Å². The SMILES string of the molecule is C#CCOc1ccc(Br)cc1/C=N\NC(=O)[C@H](CC(C)C)NC(=O)CCCOc1ccc(Cl)cc1Cl. The number of rotatable bonds is 13. The molecule has 2 N–H and O–H groups in total. The molecular weight excluding hydrogens is 569 g/mol. The number of hydrogen-bond donors (Lipinski definition) is 2. The van der Waals surface area contributed by atoms with Crippen LogP contribution < -0.4 is 20.2 Å². The molecule has 0 aliphatic heterocycles. The van der Waals surface area contributed by atoms with Crippen LogP contribution in [0.5, 0.6) is 11.5 Å². The lowest BCUT2D eigenvalue weighted by molar-refractivity contribution is -0.129. The molecule has 0 bridgehead atoms. The van der Waals surface area contributed by atoms with Crippen LogP contribution in [0, 0.1) is 18.3 Å². The fraction of sp³-hybridized carbons (Fsp3) is 0.346. The molecule has 192 valence electrons. The minimum absolute atomic E-state index is 0.106. The van der Waals surface area contributed by atoms with E-state index < -0.39 is 11.9 Å². The Morgan fingerprint density at radius 1 is 1.17 bits per heavy atom. The van der Waals surface area contributed by atoms with Gasteiger partial charge in [0.15, 0.2) is 0 Å². The maximum Gasteiger partial charge on any atom is 0.262 e. The molecule has 2 aromatic carbocycles. The van der Waals surface area contributed by atoms with Crippen LogP contribution in [0.15, 0.2) is 46.0 Å². The first-order valence-electron chi connectivity index (χ1n) is 11.3. The molecule has 0 saturated heterocycles. The number of ether oxygens (including phenoxy) is 2. The zero-order valence-corrected chi connectivity index (χ0v) is 23.1. The summed E-state index contributed by atoms with van der Waals surface area (Å²) in [6.45, 7) is 4.33. The molecule has 7 nitrogen and oxygen atoms in total. The molecule has 0 aliphatic rings. The van der Waals surface area contributed by atoms with Gasteiger partial charge < -0.3 is 14.8 Å². The Hall–Kier alpha value is -2.73. The molecule has 2 rings (SSSR count). The van der Waals surface area contributed by atoms with Gasteiger partial charge in [-0.1, -0.05) is 58.9 Å². The summed E-state index contributed by atoms with van der Waals surface area (Å²) in [6, 6.07) is 9.54. The molecule has 1 atom stereocenters. The van der Waals surface area contributed by atoms with E-state index in [4.69, 9.17) is 39.1 Å². The topological polar surface area (TPSA) is 89.0 Å². The monoisotopic (exact) mass is 595 g/mol. The van der Waals surface area contributed by atoms with Crippen molar-refractivity contribution in [2.24, 2.45) is 11.0 Å². The van der Waals surface area contributed by atoms with E-state index in [2.05, 4.69) is 37.7 Å². The molecule has 0 unspecified atom stereocenters. The third kappa shape index (κ3) is 10.5.